The lowest BCUT2D eigenvalue weighted by Crippen LogP contribution is -2.06. The van der Waals surface area contributed by atoms with Gasteiger partial charge in [-0.25, -0.2) is 9.79 Å². The molecule has 148 valence electrons. The first-order valence-electron chi connectivity index (χ1n) is 8.12. The summed E-state index contributed by atoms with van der Waals surface area (Å²) in [6, 6.07) is 8.38. The number of ether oxygens (including phenoxy) is 3. The number of halogens is 1. The van der Waals surface area contributed by atoms with Gasteiger partial charge in [0.1, 0.15) is 0 Å². The third kappa shape index (κ3) is 4.41. The van der Waals surface area contributed by atoms with Crippen LogP contribution in [0.2, 0.25) is 5.02 Å². The number of nitrogens with zero attached hydrogens (tertiary/aromatic N) is 2. The molecule has 0 atom stereocenters. The summed E-state index contributed by atoms with van der Waals surface area (Å²) in [7, 11) is 1.41. The Kier molecular flexibility index (Phi) is 5.60. The molecule has 9 nitrogen and oxygen atoms in total. The van der Waals surface area contributed by atoms with Crippen molar-refractivity contribution >= 4 is 41.2 Å². The first-order valence-corrected chi connectivity index (χ1v) is 8.49. The minimum absolute atomic E-state index is 0.0372. The van der Waals surface area contributed by atoms with Gasteiger partial charge in [0.2, 0.25) is 5.90 Å². The molecule has 1 aliphatic rings. The zero-order chi connectivity index (χ0) is 21.1. The predicted molar refractivity (Wildman–Crippen MR) is 103 cm³/mol. The molecule has 0 spiro atoms. The van der Waals surface area contributed by atoms with Crippen LogP contribution in [0.1, 0.15) is 18.1 Å². The predicted octanol–water partition coefficient (Wildman–Crippen LogP) is 3.53. The molecular weight excluding hydrogens is 404 g/mol. The number of cyclic esters (lactones) is 1. The normalized spacial score (nSPS) is 14.4. The van der Waals surface area contributed by atoms with Gasteiger partial charge in [0.05, 0.1) is 22.6 Å². The summed E-state index contributed by atoms with van der Waals surface area (Å²) in [5.74, 6) is -0.878. The highest BCUT2D eigenvalue weighted by Gasteiger charge is 2.27. The van der Waals surface area contributed by atoms with E-state index >= 15 is 0 Å². The Morgan fingerprint density at radius 3 is 2.66 bits per heavy atom. The largest absolute Gasteiger partial charge is 0.493 e. The molecule has 2 aromatic rings. The summed E-state index contributed by atoms with van der Waals surface area (Å²) in [4.78, 5) is 37.8. The number of hydrogen-bond acceptors (Lipinski definition) is 8. The third-order valence-corrected chi connectivity index (χ3v) is 4.09. The molecule has 3 rings (SSSR count). The Balaban J connectivity index is 1.96. The van der Waals surface area contributed by atoms with Crippen LogP contribution in [-0.4, -0.2) is 29.9 Å². The summed E-state index contributed by atoms with van der Waals surface area (Å²) < 4.78 is 15.3. The van der Waals surface area contributed by atoms with Crippen LogP contribution in [0, 0.1) is 10.1 Å². The van der Waals surface area contributed by atoms with Crippen molar-refractivity contribution in [3.63, 3.8) is 0 Å². The lowest BCUT2D eigenvalue weighted by molar-refractivity contribution is -0.384. The summed E-state index contributed by atoms with van der Waals surface area (Å²) in [6.45, 7) is 1.26. The summed E-state index contributed by atoms with van der Waals surface area (Å²) in [5, 5.41) is 11.1. The smallest absolute Gasteiger partial charge is 0.363 e. The molecule has 10 heteroatoms. The summed E-state index contributed by atoms with van der Waals surface area (Å²) >= 11 is 6.06. The lowest BCUT2D eigenvalue weighted by atomic mass is 10.1. The first kappa shape index (κ1) is 20.0. The van der Waals surface area contributed by atoms with Crippen LogP contribution in [-0.2, 0) is 14.3 Å². The molecule has 1 heterocycles. The van der Waals surface area contributed by atoms with E-state index in [1.165, 1.54) is 44.4 Å². The second-order valence-electron chi connectivity index (χ2n) is 5.76. The number of benzene rings is 2. The van der Waals surface area contributed by atoms with E-state index in [9.17, 15) is 19.7 Å². The van der Waals surface area contributed by atoms with E-state index in [1.54, 1.807) is 12.1 Å². The summed E-state index contributed by atoms with van der Waals surface area (Å²) in [5.41, 5.74) is 0.400. The molecule has 0 aliphatic carbocycles. The van der Waals surface area contributed by atoms with Gasteiger partial charge in [-0.15, -0.1) is 0 Å². The highest BCUT2D eigenvalue weighted by molar-refractivity contribution is 6.34. The average molecular weight is 417 g/mol. The lowest BCUT2D eigenvalue weighted by Gasteiger charge is -2.08. The highest BCUT2D eigenvalue weighted by Crippen LogP contribution is 2.31. The fraction of sp³-hybridized carbons (Fsp3) is 0.105. The minimum atomic E-state index is -0.745. The van der Waals surface area contributed by atoms with Crippen molar-refractivity contribution in [2.45, 2.75) is 6.92 Å². The van der Waals surface area contributed by atoms with Crippen LogP contribution in [0.15, 0.2) is 47.1 Å². The van der Waals surface area contributed by atoms with Crippen LogP contribution >= 0.6 is 11.6 Å². The number of aliphatic imine (C=N–C) groups is 1. The van der Waals surface area contributed by atoms with E-state index < -0.39 is 16.9 Å². The molecule has 1 aliphatic heterocycles. The molecule has 0 saturated heterocycles. The van der Waals surface area contributed by atoms with Gasteiger partial charge in [-0.2, -0.15) is 0 Å². The monoisotopic (exact) mass is 416 g/mol. The van der Waals surface area contributed by atoms with Crippen LogP contribution in [0.3, 0.4) is 0 Å². The quantitative estimate of drug-likeness (QED) is 0.240. The topological polar surface area (TPSA) is 117 Å². The van der Waals surface area contributed by atoms with Gasteiger partial charge in [0.15, 0.2) is 17.2 Å². The molecule has 0 aromatic heterocycles. The van der Waals surface area contributed by atoms with E-state index in [-0.39, 0.29) is 39.4 Å². The van der Waals surface area contributed by atoms with Gasteiger partial charge < -0.3 is 14.2 Å². The van der Waals surface area contributed by atoms with Crippen molar-refractivity contribution in [1.82, 2.24) is 0 Å². The number of methoxy groups -OCH3 is 1. The van der Waals surface area contributed by atoms with E-state index in [2.05, 4.69) is 4.99 Å². The third-order valence-electron chi connectivity index (χ3n) is 3.76. The van der Waals surface area contributed by atoms with Gasteiger partial charge in [-0.05, 0) is 29.8 Å². The molecule has 0 fully saturated rings. The number of nitro groups is 1. The van der Waals surface area contributed by atoms with Gasteiger partial charge in [-0.3, -0.25) is 14.9 Å². The minimum Gasteiger partial charge on any atom is -0.493 e. The molecular formula is C19H13ClN2O7. The number of hydrogen-bond donors (Lipinski definition) is 0. The second-order valence-corrected chi connectivity index (χ2v) is 6.17. The van der Waals surface area contributed by atoms with Crippen LogP contribution in [0.25, 0.3) is 6.08 Å². The van der Waals surface area contributed by atoms with Gasteiger partial charge in [0.25, 0.3) is 5.69 Å². The van der Waals surface area contributed by atoms with Crippen molar-refractivity contribution in [3.05, 3.63) is 68.4 Å². The molecule has 29 heavy (non-hydrogen) atoms. The molecule has 0 amide bonds. The first-order chi connectivity index (χ1) is 13.8. The maximum atomic E-state index is 12.2. The SMILES string of the molecule is COc1cc(/C=C2\N=C(c3cc([N+](=O)[O-])ccc3Cl)OC2=O)ccc1OC(C)=O. The molecule has 0 unspecified atom stereocenters. The fourth-order valence-electron chi connectivity index (χ4n) is 2.49. The Bertz CT molecular complexity index is 1090. The Morgan fingerprint density at radius 1 is 1.24 bits per heavy atom. The number of carbonyl (C=O) groups excluding carboxylic acids is 2. The van der Waals surface area contributed by atoms with Gasteiger partial charge in [0, 0.05) is 19.1 Å². The van der Waals surface area contributed by atoms with Crippen molar-refractivity contribution < 1.29 is 28.7 Å². The Morgan fingerprint density at radius 2 is 2.00 bits per heavy atom. The maximum Gasteiger partial charge on any atom is 0.363 e. The van der Waals surface area contributed by atoms with Crippen molar-refractivity contribution in [2.75, 3.05) is 7.11 Å². The van der Waals surface area contributed by atoms with Crippen molar-refractivity contribution in [1.29, 1.82) is 0 Å². The Labute approximate surface area is 169 Å². The number of carbonyl (C=O) groups is 2. The maximum absolute atomic E-state index is 12.2. The highest BCUT2D eigenvalue weighted by atomic mass is 35.5. The van der Waals surface area contributed by atoms with Gasteiger partial charge >= 0.3 is 11.9 Å². The molecule has 0 radical (unpaired) electrons. The zero-order valence-corrected chi connectivity index (χ0v) is 15.9. The second kappa shape index (κ2) is 8.11. The molecule has 0 saturated carbocycles. The number of rotatable bonds is 5. The molecule has 0 bridgehead atoms. The fourth-order valence-corrected chi connectivity index (χ4v) is 2.68. The van der Waals surface area contributed by atoms with Crippen LogP contribution < -0.4 is 9.47 Å². The van der Waals surface area contributed by atoms with Gasteiger partial charge in [-0.1, -0.05) is 17.7 Å². The number of esters is 2. The molecule has 2 aromatic carbocycles. The number of non-ortho nitro benzene ring substituents is 1. The van der Waals surface area contributed by atoms with E-state index in [0.29, 0.717) is 5.56 Å². The average Bonchev–Trinajstić information content (AvgIpc) is 3.02. The summed E-state index contributed by atoms with van der Waals surface area (Å²) in [6.07, 6.45) is 1.43. The standard InChI is InChI=1S/C19H13ClN2O7/c1-10(23)28-16-6-3-11(8-17(16)27-2)7-15-19(24)29-18(21-15)13-9-12(22(25)26)4-5-14(13)20/h3-9H,1-2H3/b15-7-. The van der Waals surface area contributed by atoms with E-state index in [0.717, 1.165) is 0 Å². The van der Waals surface area contributed by atoms with Crippen LogP contribution in [0.5, 0.6) is 11.5 Å². The molecule has 0 N–H and O–H groups in total. The zero-order valence-electron chi connectivity index (χ0n) is 15.2. The van der Waals surface area contributed by atoms with E-state index in [1.807, 2.05) is 0 Å². The van der Waals surface area contributed by atoms with Crippen LogP contribution in [0.4, 0.5) is 5.69 Å². The Hall–Kier alpha value is -3.72. The number of nitro benzene ring substituents is 1. The van der Waals surface area contributed by atoms with Crippen molar-refractivity contribution in [3.8, 4) is 11.5 Å². The van der Waals surface area contributed by atoms with E-state index in [4.69, 9.17) is 25.8 Å². The van der Waals surface area contributed by atoms with Crippen molar-refractivity contribution in [2.24, 2.45) is 4.99 Å².